The van der Waals surface area contributed by atoms with Crippen molar-refractivity contribution in [3.05, 3.63) is 54.0 Å². The van der Waals surface area contributed by atoms with Crippen LogP contribution >= 0.6 is 0 Å². The molecule has 0 aliphatic carbocycles. The largest absolute Gasteiger partial charge is 0.459 e. The number of hydrogen-bond donors (Lipinski definition) is 1. The fourth-order valence-corrected chi connectivity index (χ4v) is 2.26. The summed E-state index contributed by atoms with van der Waals surface area (Å²) >= 11 is 0. The molecule has 1 aromatic carbocycles. The predicted octanol–water partition coefficient (Wildman–Crippen LogP) is 2.90. The number of hydrogen-bond acceptors (Lipinski definition) is 3. The maximum absolute atomic E-state index is 5.91. The van der Waals surface area contributed by atoms with Crippen molar-refractivity contribution < 1.29 is 4.42 Å². The van der Waals surface area contributed by atoms with Crippen LogP contribution in [0.15, 0.2) is 47.0 Å². The van der Waals surface area contributed by atoms with Crippen LogP contribution in [0.25, 0.3) is 11.0 Å². The van der Waals surface area contributed by atoms with E-state index in [0.29, 0.717) is 0 Å². The van der Waals surface area contributed by atoms with Crippen molar-refractivity contribution in [1.29, 1.82) is 0 Å². The average Bonchev–Trinajstić information content (AvgIpc) is 3.02. The van der Waals surface area contributed by atoms with Gasteiger partial charge in [0.1, 0.15) is 11.3 Å². The number of likely N-dealkylation sites (N-methyl/N-ethyl adjacent to an activating group) is 1. The number of para-hydroxylation sites is 1. The molecule has 3 aromatic rings. The number of nitrogens with one attached hydrogen (secondary N) is 1. The molecule has 0 fully saturated rings. The molecule has 0 radical (unpaired) electrons. The number of aromatic nitrogens is 2. The van der Waals surface area contributed by atoms with Gasteiger partial charge in [-0.05, 0) is 32.2 Å². The quantitative estimate of drug-likeness (QED) is 0.779. The van der Waals surface area contributed by atoms with E-state index in [9.17, 15) is 0 Å². The fraction of sp³-hybridized carbons (Fsp3) is 0.267. The van der Waals surface area contributed by atoms with E-state index >= 15 is 0 Å². The maximum Gasteiger partial charge on any atom is 0.134 e. The molecular formula is C15H17N3O. The van der Waals surface area contributed by atoms with Gasteiger partial charge in [0, 0.05) is 17.3 Å². The van der Waals surface area contributed by atoms with Crippen LogP contribution in [0.4, 0.5) is 0 Å². The van der Waals surface area contributed by atoms with Gasteiger partial charge in [-0.1, -0.05) is 18.2 Å². The Morgan fingerprint density at radius 1 is 1.32 bits per heavy atom. The van der Waals surface area contributed by atoms with Crippen molar-refractivity contribution in [1.82, 2.24) is 15.1 Å². The lowest BCUT2D eigenvalue weighted by Gasteiger charge is -2.14. The minimum Gasteiger partial charge on any atom is -0.459 e. The van der Waals surface area contributed by atoms with Gasteiger partial charge in [-0.2, -0.15) is 5.10 Å². The Balaban J connectivity index is 1.91. The van der Waals surface area contributed by atoms with Crippen molar-refractivity contribution in [3.8, 4) is 0 Å². The Hall–Kier alpha value is -2.07. The Kier molecular flexibility index (Phi) is 3.09. The highest BCUT2D eigenvalue weighted by Crippen LogP contribution is 2.24. The minimum absolute atomic E-state index is 0.117. The molecule has 1 unspecified atom stereocenters. The monoisotopic (exact) mass is 255 g/mol. The number of rotatable bonds is 4. The summed E-state index contributed by atoms with van der Waals surface area (Å²) < 4.78 is 7.89. The molecule has 2 heterocycles. The lowest BCUT2D eigenvalue weighted by molar-refractivity contribution is 0.392. The zero-order valence-electron chi connectivity index (χ0n) is 11.1. The first-order chi connectivity index (χ1) is 9.28. The van der Waals surface area contributed by atoms with Gasteiger partial charge in [-0.25, -0.2) is 0 Å². The number of fused-ring (bicyclic) bond motifs is 1. The summed E-state index contributed by atoms with van der Waals surface area (Å²) in [6, 6.07) is 12.3. The molecule has 4 heteroatoms. The van der Waals surface area contributed by atoms with Gasteiger partial charge in [0.25, 0.3) is 0 Å². The Bertz CT molecular complexity index is 650. The Morgan fingerprint density at radius 3 is 2.84 bits per heavy atom. The average molecular weight is 255 g/mol. The number of furan rings is 1. The van der Waals surface area contributed by atoms with Crippen LogP contribution in [0, 0.1) is 6.92 Å². The van der Waals surface area contributed by atoms with E-state index in [1.54, 1.807) is 0 Å². The topological polar surface area (TPSA) is 43.0 Å². The minimum atomic E-state index is 0.117. The van der Waals surface area contributed by atoms with Crippen LogP contribution < -0.4 is 5.32 Å². The van der Waals surface area contributed by atoms with Gasteiger partial charge < -0.3 is 9.73 Å². The molecule has 0 aliphatic rings. The summed E-state index contributed by atoms with van der Waals surface area (Å²) in [4.78, 5) is 0. The van der Waals surface area contributed by atoms with Crippen LogP contribution in [0.1, 0.15) is 17.5 Å². The third kappa shape index (κ3) is 2.27. The third-order valence-corrected chi connectivity index (χ3v) is 3.42. The molecule has 1 N–H and O–H groups in total. The number of nitrogens with zero attached hydrogens (tertiary/aromatic N) is 2. The summed E-state index contributed by atoms with van der Waals surface area (Å²) in [5, 5.41) is 8.74. The molecule has 0 amide bonds. The molecule has 1 atom stereocenters. The smallest absolute Gasteiger partial charge is 0.134 e. The van der Waals surface area contributed by atoms with Gasteiger partial charge >= 0.3 is 0 Å². The molecule has 3 rings (SSSR count). The number of benzene rings is 1. The molecule has 4 nitrogen and oxygen atoms in total. The van der Waals surface area contributed by atoms with Gasteiger partial charge in [0.2, 0.25) is 0 Å². The summed E-state index contributed by atoms with van der Waals surface area (Å²) in [5.74, 6) is 0.943. The molecule has 98 valence electrons. The highest BCUT2D eigenvalue weighted by atomic mass is 16.3. The van der Waals surface area contributed by atoms with E-state index in [0.717, 1.165) is 29.0 Å². The normalized spacial score (nSPS) is 12.9. The van der Waals surface area contributed by atoms with Crippen LogP contribution in [0.5, 0.6) is 0 Å². The van der Waals surface area contributed by atoms with Crippen molar-refractivity contribution in [2.75, 3.05) is 7.05 Å². The summed E-state index contributed by atoms with van der Waals surface area (Å²) in [7, 11) is 1.94. The molecule has 0 saturated heterocycles. The highest BCUT2D eigenvalue weighted by Gasteiger charge is 2.16. The number of aryl methyl sites for hydroxylation is 1. The van der Waals surface area contributed by atoms with Crippen molar-refractivity contribution in [3.63, 3.8) is 0 Å². The first-order valence-corrected chi connectivity index (χ1v) is 6.42. The lowest BCUT2D eigenvalue weighted by atomic mass is 10.2. The van der Waals surface area contributed by atoms with E-state index in [1.165, 1.54) is 0 Å². The first-order valence-electron chi connectivity index (χ1n) is 6.42. The van der Waals surface area contributed by atoms with Gasteiger partial charge in [-0.15, -0.1) is 0 Å². The molecule has 2 aromatic heterocycles. The second-order valence-electron chi connectivity index (χ2n) is 4.68. The standard InChI is InChI=1S/C15H17N3O/c1-11-7-8-17-18(11)10-13(16-2)15-9-12-5-3-4-6-14(12)19-15/h3-9,13,16H,10H2,1-2H3. The maximum atomic E-state index is 5.91. The van der Waals surface area contributed by atoms with Crippen molar-refractivity contribution in [2.45, 2.75) is 19.5 Å². The molecule has 0 aliphatic heterocycles. The summed E-state index contributed by atoms with van der Waals surface area (Å²) in [5.41, 5.74) is 2.08. The summed E-state index contributed by atoms with van der Waals surface area (Å²) in [6.07, 6.45) is 1.82. The Morgan fingerprint density at radius 2 is 2.16 bits per heavy atom. The van der Waals surface area contributed by atoms with E-state index in [2.05, 4.69) is 29.5 Å². The molecule has 0 saturated carbocycles. The van der Waals surface area contributed by atoms with Crippen LogP contribution in [0.2, 0.25) is 0 Å². The van der Waals surface area contributed by atoms with Crippen molar-refractivity contribution in [2.24, 2.45) is 0 Å². The predicted molar refractivity (Wildman–Crippen MR) is 75.0 cm³/mol. The van der Waals surface area contributed by atoms with Crippen LogP contribution in [-0.4, -0.2) is 16.8 Å². The molecule has 0 spiro atoms. The molecule has 19 heavy (non-hydrogen) atoms. The second kappa shape index (κ2) is 4.90. The highest BCUT2D eigenvalue weighted by molar-refractivity contribution is 5.77. The lowest BCUT2D eigenvalue weighted by Crippen LogP contribution is -2.22. The molecular weight excluding hydrogens is 238 g/mol. The van der Waals surface area contributed by atoms with Crippen LogP contribution in [-0.2, 0) is 6.54 Å². The van der Waals surface area contributed by atoms with E-state index < -0.39 is 0 Å². The van der Waals surface area contributed by atoms with Gasteiger partial charge in [-0.3, -0.25) is 4.68 Å². The third-order valence-electron chi connectivity index (χ3n) is 3.42. The first kappa shape index (κ1) is 12.0. The van der Waals surface area contributed by atoms with Gasteiger partial charge in [0.05, 0.1) is 12.6 Å². The van der Waals surface area contributed by atoms with E-state index in [-0.39, 0.29) is 6.04 Å². The SMILES string of the molecule is CNC(Cn1nccc1C)c1cc2ccccc2o1. The fourth-order valence-electron chi connectivity index (χ4n) is 2.26. The van der Waals surface area contributed by atoms with E-state index in [1.807, 2.05) is 42.2 Å². The zero-order chi connectivity index (χ0) is 13.2. The summed E-state index contributed by atoms with van der Waals surface area (Å²) in [6.45, 7) is 2.81. The zero-order valence-corrected chi connectivity index (χ0v) is 11.1. The van der Waals surface area contributed by atoms with Crippen molar-refractivity contribution >= 4 is 11.0 Å². The molecule has 0 bridgehead atoms. The van der Waals surface area contributed by atoms with Crippen LogP contribution in [0.3, 0.4) is 0 Å². The van der Waals surface area contributed by atoms with Gasteiger partial charge in [0.15, 0.2) is 0 Å². The Labute approximate surface area is 112 Å². The second-order valence-corrected chi connectivity index (χ2v) is 4.68. The van der Waals surface area contributed by atoms with E-state index in [4.69, 9.17) is 4.42 Å².